The zero-order valence-corrected chi connectivity index (χ0v) is 21.2. The average molecular weight is 495 g/mol. The van der Waals surface area contributed by atoms with E-state index in [1.54, 1.807) is 43.9 Å². The van der Waals surface area contributed by atoms with Gasteiger partial charge in [-0.1, -0.05) is 18.2 Å². The van der Waals surface area contributed by atoms with Gasteiger partial charge in [-0.05, 0) is 80.4 Å². The minimum Gasteiger partial charge on any atom is -0.497 e. The molecular weight excluding hydrogens is 464 g/mol. The van der Waals surface area contributed by atoms with Crippen LogP contribution in [-0.2, 0) is 4.79 Å². The molecule has 0 unspecified atom stereocenters. The van der Waals surface area contributed by atoms with E-state index >= 15 is 0 Å². The van der Waals surface area contributed by atoms with Crippen LogP contribution in [0.15, 0.2) is 91.5 Å². The summed E-state index contributed by atoms with van der Waals surface area (Å²) < 4.78 is 7.16. The van der Waals surface area contributed by atoms with Crippen molar-refractivity contribution in [3.63, 3.8) is 0 Å². The lowest BCUT2D eigenvalue weighted by Gasteiger charge is -2.40. The molecule has 0 radical (unpaired) electrons. The van der Waals surface area contributed by atoms with Crippen LogP contribution in [0.1, 0.15) is 42.1 Å². The van der Waals surface area contributed by atoms with Crippen LogP contribution in [0.5, 0.6) is 5.75 Å². The number of carbonyl (C=O) groups excluding carboxylic acids is 2. The molecule has 1 aliphatic heterocycles. The van der Waals surface area contributed by atoms with Crippen molar-refractivity contribution in [3.05, 3.63) is 103 Å². The van der Waals surface area contributed by atoms with Crippen molar-refractivity contribution in [2.45, 2.75) is 32.2 Å². The molecule has 1 aromatic heterocycles. The largest absolute Gasteiger partial charge is 0.497 e. The summed E-state index contributed by atoms with van der Waals surface area (Å²) in [5.41, 5.74) is 4.07. The van der Waals surface area contributed by atoms with Gasteiger partial charge >= 0.3 is 0 Å². The third kappa shape index (κ3) is 4.60. The minimum atomic E-state index is -0.348. The van der Waals surface area contributed by atoms with Crippen molar-refractivity contribution in [2.24, 2.45) is 0 Å². The molecule has 4 aromatic rings. The minimum absolute atomic E-state index is 0.0359. The number of benzene rings is 3. The summed E-state index contributed by atoms with van der Waals surface area (Å²) in [4.78, 5) is 35.3. The first-order valence-electron chi connectivity index (χ1n) is 12.5. The van der Waals surface area contributed by atoms with E-state index in [9.17, 15) is 9.59 Å². The molecule has 0 saturated carbocycles. The number of aromatic nitrogens is 2. The molecule has 2 heterocycles. The fourth-order valence-corrected chi connectivity index (χ4v) is 5.10. The Balaban J connectivity index is 1.44. The summed E-state index contributed by atoms with van der Waals surface area (Å²) in [5, 5.41) is 0. The van der Waals surface area contributed by atoms with E-state index in [0.717, 1.165) is 22.6 Å². The molecule has 188 valence electrons. The number of para-hydroxylation sites is 1. The Labute approximate surface area is 216 Å². The molecule has 7 heteroatoms. The lowest BCUT2D eigenvalue weighted by atomic mass is 9.84. The fraction of sp³-hybridized carbons (Fsp3) is 0.233. The Bertz CT molecular complexity index is 1380. The van der Waals surface area contributed by atoms with Crippen LogP contribution in [0.2, 0.25) is 0 Å². The predicted molar refractivity (Wildman–Crippen MR) is 145 cm³/mol. The molecule has 0 spiro atoms. The Hall–Kier alpha value is -4.39. The van der Waals surface area contributed by atoms with E-state index in [0.29, 0.717) is 24.3 Å². The van der Waals surface area contributed by atoms with Crippen LogP contribution in [0.25, 0.3) is 5.69 Å². The van der Waals surface area contributed by atoms with E-state index in [1.807, 2.05) is 82.9 Å². The summed E-state index contributed by atoms with van der Waals surface area (Å²) in [7, 11) is 1.60. The highest BCUT2D eigenvalue weighted by Gasteiger charge is 2.38. The highest BCUT2D eigenvalue weighted by atomic mass is 16.5. The lowest BCUT2D eigenvalue weighted by Crippen LogP contribution is -2.46. The summed E-state index contributed by atoms with van der Waals surface area (Å²) in [6.07, 6.45) is 5.91. The maximum Gasteiger partial charge on any atom is 0.258 e. The molecule has 0 bridgehead atoms. The molecule has 3 aromatic carbocycles. The van der Waals surface area contributed by atoms with Gasteiger partial charge in [-0.15, -0.1) is 0 Å². The van der Waals surface area contributed by atoms with E-state index in [-0.39, 0.29) is 23.8 Å². The number of hydrogen-bond donors (Lipinski definition) is 0. The summed E-state index contributed by atoms with van der Waals surface area (Å²) in [5.74, 6) is 0.302. The number of rotatable bonds is 6. The first kappa shape index (κ1) is 24.3. The Kier molecular flexibility index (Phi) is 6.77. The molecular formula is C30H30N4O3. The van der Waals surface area contributed by atoms with Crippen LogP contribution in [0.4, 0.5) is 11.4 Å². The molecule has 7 nitrogen and oxygen atoms in total. The zero-order chi connectivity index (χ0) is 25.9. The third-order valence-corrected chi connectivity index (χ3v) is 6.99. The summed E-state index contributed by atoms with van der Waals surface area (Å²) >= 11 is 0. The number of anilines is 2. The zero-order valence-electron chi connectivity index (χ0n) is 21.2. The standard InChI is InChI=1S/C30H30N4O3/c1-4-33(24-13-11-23(12-14-24)32-18-17-31-20-32)30(36)27-19-21(2)34(28-8-6-5-7-26(27)28)29(35)22-9-15-25(37-3)16-10-22/h5-18,20-21,27H,4,19H2,1-3H3/t21-,27-/m1/s1. The maximum absolute atomic E-state index is 14.0. The van der Waals surface area contributed by atoms with Crippen molar-refractivity contribution < 1.29 is 14.3 Å². The topological polar surface area (TPSA) is 67.7 Å². The number of ether oxygens (including phenoxy) is 1. The highest BCUT2D eigenvalue weighted by molar-refractivity contribution is 6.09. The van der Waals surface area contributed by atoms with Crippen molar-refractivity contribution in [1.82, 2.24) is 9.55 Å². The van der Waals surface area contributed by atoms with Gasteiger partial charge in [-0.3, -0.25) is 9.59 Å². The second-order valence-electron chi connectivity index (χ2n) is 9.17. The second-order valence-corrected chi connectivity index (χ2v) is 9.17. The van der Waals surface area contributed by atoms with E-state index in [2.05, 4.69) is 4.98 Å². The van der Waals surface area contributed by atoms with Crippen LogP contribution in [0, 0.1) is 0 Å². The van der Waals surface area contributed by atoms with Crippen LogP contribution < -0.4 is 14.5 Å². The molecule has 2 amide bonds. The molecule has 1 aliphatic rings. The van der Waals surface area contributed by atoms with Gasteiger partial charge in [0.05, 0.1) is 19.4 Å². The average Bonchev–Trinajstić information content (AvgIpc) is 3.48. The van der Waals surface area contributed by atoms with Gasteiger partial charge in [0.15, 0.2) is 0 Å². The van der Waals surface area contributed by atoms with Gasteiger partial charge in [0, 0.05) is 47.6 Å². The molecule has 5 rings (SSSR count). The van der Waals surface area contributed by atoms with Crippen molar-refractivity contribution in [3.8, 4) is 11.4 Å². The first-order valence-corrected chi connectivity index (χ1v) is 12.5. The monoisotopic (exact) mass is 494 g/mol. The number of methoxy groups -OCH3 is 1. The van der Waals surface area contributed by atoms with Crippen LogP contribution in [-0.4, -0.2) is 41.1 Å². The van der Waals surface area contributed by atoms with Gasteiger partial charge in [0.2, 0.25) is 5.91 Å². The third-order valence-electron chi connectivity index (χ3n) is 6.99. The Morgan fingerprint density at radius 3 is 2.41 bits per heavy atom. The van der Waals surface area contributed by atoms with Gasteiger partial charge in [-0.2, -0.15) is 0 Å². The highest BCUT2D eigenvalue weighted by Crippen LogP contribution is 2.41. The van der Waals surface area contributed by atoms with E-state index < -0.39 is 0 Å². The van der Waals surface area contributed by atoms with Crippen LogP contribution >= 0.6 is 0 Å². The number of imidazole rings is 1. The van der Waals surface area contributed by atoms with E-state index in [4.69, 9.17) is 4.74 Å². The quantitative estimate of drug-likeness (QED) is 0.357. The Morgan fingerprint density at radius 1 is 1.03 bits per heavy atom. The molecule has 0 aliphatic carbocycles. The SMILES string of the molecule is CCN(C(=O)[C@@H]1C[C@@H](C)N(C(=O)c2ccc(OC)cc2)c2ccccc21)c1ccc(-n2ccnc2)cc1. The maximum atomic E-state index is 14.0. The molecule has 0 N–H and O–H groups in total. The van der Waals surface area contributed by atoms with Crippen molar-refractivity contribution in [1.29, 1.82) is 0 Å². The molecule has 0 saturated heterocycles. The number of fused-ring (bicyclic) bond motifs is 1. The summed E-state index contributed by atoms with van der Waals surface area (Å²) in [6.45, 7) is 4.54. The summed E-state index contributed by atoms with van der Waals surface area (Å²) in [6, 6.07) is 22.6. The number of amides is 2. The predicted octanol–water partition coefficient (Wildman–Crippen LogP) is 5.46. The first-order chi connectivity index (χ1) is 18.0. The normalized spacial score (nSPS) is 16.7. The Morgan fingerprint density at radius 2 is 1.76 bits per heavy atom. The number of likely N-dealkylation sites (N-methyl/N-ethyl adjacent to an activating group) is 1. The van der Waals surface area contributed by atoms with Crippen LogP contribution in [0.3, 0.4) is 0 Å². The van der Waals surface area contributed by atoms with Crippen molar-refractivity contribution >= 4 is 23.2 Å². The van der Waals surface area contributed by atoms with Gasteiger partial charge < -0.3 is 19.1 Å². The molecule has 2 atom stereocenters. The van der Waals surface area contributed by atoms with Gasteiger partial charge in [-0.25, -0.2) is 4.98 Å². The van der Waals surface area contributed by atoms with Crippen molar-refractivity contribution in [2.75, 3.05) is 23.5 Å². The van der Waals surface area contributed by atoms with E-state index in [1.165, 1.54) is 0 Å². The second kappa shape index (κ2) is 10.3. The smallest absolute Gasteiger partial charge is 0.258 e. The molecule has 0 fully saturated rings. The number of carbonyl (C=O) groups is 2. The number of nitrogens with zero attached hydrogens (tertiary/aromatic N) is 4. The van der Waals surface area contributed by atoms with Gasteiger partial charge in [0.1, 0.15) is 5.75 Å². The van der Waals surface area contributed by atoms with Gasteiger partial charge in [0.25, 0.3) is 5.91 Å². The number of hydrogen-bond acceptors (Lipinski definition) is 4. The fourth-order valence-electron chi connectivity index (χ4n) is 5.10. The molecule has 37 heavy (non-hydrogen) atoms. The lowest BCUT2D eigenvalue weighted by molar-refractivity contribution is -0.120.